The highest BCUT2D eigenvalue weighted by Crippen LogP contribution is 2.21. The van der Waals surface area contributed by atoms with Crippen molar-refractivity contribution in [1.29, 1.82) is 0 Å². The summed E-state index contributed by atoms with van der Waals surface area (Å²) in [5.41, 5.74) is 6.66. The van der Waals surface area contributed by atoms with Gasteiger partial charge in [0.05, 0.1) is 18.9 Å². The van der Waals surface area contributed by atoms with Gasteiger partial charge in [-0.15, -0.1) is 0 Å². The van der Waals surface area contributed by atoms with E-state index in [2.05, 4.69) is 10.5 Å². The van der Waals surface area contributed by atoms with Gasteiger partial charge in [0.25, 0.3) is 5.91 Å². The molecule has 1 heterocycles. The Labute approximate surface area is 167 Å². The molecule has 0 unspecified atom stereocenters. The van der Waals surface area contributed by atoms with Gasteiger partial charge in [-0.05, 0) is 62.4 Å². The van der Waals surface area contributed by atoms with Crippen molar-refractivity contribution in [3.8, 4) is 5.69 Å². The standard InChI is InChI=1S/C22H20FN3O3/c1-14-11-18(13-24-25-21(27)16-7-9-19(23)10-8-16)15(2)26(14)20-6-4-5-17(12-20)22(28)29-3/h4-13H,1-3H3,(H,25,27)/b24-13-. The molecular formula is C22H20FN3O3. The maximum absolute atomic E-state index is 12.9. The molecule has 0 atom stereocenters. The number of aromatic nitrogens is 1. The van der Waals surface area contributed by atoms with E-state index in [9.17, 15) is 14.0 Å². The molecule has 0 saturated heterocycles. The van der Waals surface area contributed by atoms with Crippen LogP contribution in [0.3, 0.4) is 0 Å². The normalized spacial score (nSPS) is 10.9. The smallest absolute Gasteiger partial charge is 0.337 e. The molecule has 1 aromatic heterocycles. The molecule has 0 spiro atoms. The predicted octanol–water partition coefficient (Wildman–Crippen LogP) is 3.78. The first-order chi connectivity index (χ1) is 13.9. The van der Waals surface area contributed by atoms with Crippen LogP contribution in [0.1, 0.15) is 37.7 Å². The van der Waals surface area contributed by atoms with E-state index in [1.54, 1.807) is 24.4 Å². The van der Waals surface area contributed by atoms with Crippen molar-refractivity contribution >= 4 is 18.1 Å². The van der Waals surface area contributed by atoms with Crippen LogP contribution >= 0.6 is 0 Å². The summed E-state index contributed by atoms with van der Waals surface area (Å²) in [4.78, 5) is 23.9. The average Bonchev–Trinajstić information content (AvgIpc) is 3.01. The van der Waals surface area contributed by atoms with Crippen molar-refractivity contribution < 1.29 is 18.7 Å². The van der Waals surface area contributed by atoms with Gasteiger partial charge in [-0.25, -0.2) is 14.6 Å². The number of rotatable bonds is 5. The van der Waals surface area contributed by atoms with Gasteiger partial charge >= 0.3 is 5.97 Å². The Hall–Kier alpha value is -3.74. The summed E-state index contributed by atoms with van der Waals surface area (Å²) in [6.07, 6.45) is 1.55. The van der Waals surface area contributed by atoms with Crippen LogP contribution in [0.5, 0.6) is 0 Å². The highest BCUT2D eigenvalue weighted by atomic mass is 19.1. The van der Waals surface area contributed by atoms with Crippen LogP contribution in [0.15, 0.2) is 59.7 Å². The SMILES string of the molecule is COC(=O)c1cccc(-n2c(C)cc(/C=N\NC(=O)c3ccc(F)cc3)c2C)c1. The van der Waals surface area contributed by atoms with Crippen LogP contribution in [0.25, 0.3) is 5.69 Å². The van der Waals surface area contributed by atoms with Crippen molar-refractivity contribution in [1.82, 2.24) is 9.99 Å². The maximum Gasteiger partial charge on any atom is 0.337 e. The number of halogens is 1. The molecule has 0 aliphatic heterocycles. The first-order valence-corrected chi connectivity index (χ1v) is 8.87. The minimum Gasteiger partial charge on any atom is -0.465 e. The molecule has 0 radical (unpaired) electrons. The van der Waals surface area contributed by atoms with Crippen LogP contribution in [-0.4, -0.2) is 29.8 Å². The van der Waals surface area contributed by atoms with E-state index in [0.717, 1.165) is 22.6 Å². The number of aryl methyl sites for hydroxylation is 1. The van der Waals surface area contributed by atoms with E-state index in [4.69, 9.17) is 4.74 Å². The number of amides is 1. The molecule has 0 aliphatic carbocycles. The Kier molecular flexibility index (Phi) is 5.87. The molecule has 1 N–H and O–H groups in total. The highest BCUT2D eigenvalue weighted by molar-refractivity contribution is 5.95. The van der Waals surface area contributed by atoms with Gasteiger partial charge in [-0.1, -0.05) is 6.07 Å². The van der Waals surface area contributed by atoms with Gasteiger partial charge in [0.1, 0.15) is 5.82 Å². The fourth-order valence-electron chi connectivity index (χ4n) is 3.03. The Bertz CT molecular complexity index is 1090. The number of carbonyl (C=O) groups excluding carboxylic acids is 2. The average molecular weight is 393 g/mol. The fraction of sp³-hybridized carbons (Fsp3) is 0.136. The van der Waals surface area contributed by atoms with Crippen LogP contribution in [0.4, 0.5) is 4.39 Å². The van der Waals surface area contributed by atoms with Crippen LogP contribution in [0.2, 0.25) is 0 Å². The lowest BCUT2D eigenvalue weighted by molar-refractivity contribution is 0.0600. The van der Waals surface area contributed by atoms with Gasteiger partial charge in [-0.2, -0.15) is 5.10 Å². The zero-order valence-corrected chi connectivity index (χ0v) is 16.3. The molecule has 148 valence electrons. The third-order valence-corrected chi connectivity index (χ3v) is 4.47. The number of benzene rings is 2. The highest BCUT2D eigenvalue weighted by Gasteiger charge is 2.12. The number of carbonyl (C=O) groups is 2. The van der Waals surface area contributed by atoms with Crippen molar-refractivity contribution in [2.24, 2.45) is 5.10 Å². The first kappa shape index (κ1) is 20.0. The van der Waals surface area contributed by atoms with Gasteiger partial charge in [0.15, 0.2) is 0 Å². The molecule has 0 aliphatic rings. The minimum absolute atomic E-state index is 0.314. The summed E-state index contributed by atoms with van der Waals surface area (Å²) in [7, 11) is 1.34. The molecule has 6 nitrogen and oxygen atoms in total. The Morgan fingerprint density at radius 1 is 1.07 bits per heavy atom. The summed E-state index contributed by atoms with van der Waals surface area (Å²) < 4.78 is 19.7. The lowest BCUT2D eigenvalue weighted by Crippen LogP contribution is -2.17. The molecule has 2 aromatic carbocycles. The van der Waals surface area contributed by atoms with Gasteiger partial charge in [-0.3, -0.25) is 4.79 Å². The summed E-state index contributed by atoms with van der Waals surface area (Å²) in [5, 5.41) is 4.00. The second-order valence-corrected chi connectivity index (χ2v) is 6.41. The van der Waals surface area contributed by atoms with E-state index < -0.39 is 17.7 Å². The maximum atomic E-state index is 12.9. The number of hydrogen-bond acceptors (Lipinski definition) is 4. The van der Waals surface area contributed by atoms with Crippen molar-refractivity contribution in [2.45, 2.75) is 13.8 Å². The van der Waals surface area contributed by atoms with E-state index in [0.29, 0.717) is 11.1 Å². The zero-order chi connectivity index (χ0) is 21.0. The van der Waals surface area contributed by atoms with Crippen LogP contribution in [-0.2, 0) is 4.74 Å². The third-order valence-electron chi connectivity index (χ3n) is 4.47. The Morgan fingerprint density at radius 3 is 2.48 bits per heavy atom. The number of esters is 1. The Balaban J connectivity index is 1.81. The van der Waals surface area contributed by atoms with E-state index >= 15 is 0 Å². The molecule has 0 saturated carbocycles. The van der Waals surface area contributed by atoms with Gasteiger partial charge in [0, 0.05) is 28.2 Å². The lowest BCUT2D eigenvalue weighted by atomic mass is 10.2. The third kappa shape index (κ3) is 4.40. The molecule has 3 aromatic rings. The molecule has 0 bridgehead atoms. The summed E-state index contributed by atoms with van der Waals surface area (Å²) >= 11 is 0. The van der Waals surface area contributed by atoms with Gasteiger partial charge in [0.2, 0.25) is 0 Å². The number of nitrogens with one attached hydrogen (secondary N) is 1. The van der Waals surface area contributed by atoms with Crippen molar-refractivity contribution in [3.05, 3.63) is 88.5 Å². The predicted molar refractivity (Wildman–Crippen MR) is 108 cm³/mol. The summed E-state index contributed by atoms with van der Waals surface area (Å²) in [6.45, 7) is 3.85. The number of nitrogens with zero attached hydrogens (tertiary/aromatic N) is 2. The largest absolute Gasteiger partial charge is 0.465 e. The lowest BCUT2D eigenvalue weighted by Gasteiger charge is -2.10. The monoisotopic (exact) mass is 393 g/mol. The van der Waals surface area contributed by atoms with Gasteiger partial charge < -0.3 is 9.30 Å². The summed E-state index contributed by atoms with van der Waals surface area (Å²) in [6, 6.07) is 14.3. The van der Waals surface area contributed by atoms with Crippen molar-refractivity contribution in [3.63, 3.8) is 0 Å². The second-order valence-electron chi connectivity index (χ2n) is 6.41. The molecule has 1 amide bonds. The molecule has 29 heavy (non-hydrogen) atoms. The molecule has 7 heteroatoms. The minimum atomic E-state index is -0.430. The number of hydrazone groups is 1. The van der Waals surface area contributed by atoms with E-state index in [-0.39, 0.29) is 0 Å². The topological polar surface area (TPSA) is 72.7 Å². The number of hydrogen-bond donors (Lipinski definition) is 1. The number of methoxy groups -OCH3 is 1. The van der Waals surface area contributed by atoms with Crippen LogP contribution in [0, 0.1) is 19.7 Å². The first-order valence-electron chi connectivity index (χ1n) is 8.87. The second kappa shape index (κ2) is 8.52. The fourth-order valence-corrected chi connectivity index (χ4v) is 3.03. The Morgan fingerprint density at radius 2 is 1.79 bits per heavy atom. The van der Waals surface area contributed by atoms with E-state index in [1.165, 1.54) is 31.4 Å². The quantitative estimate of drug-likeness (QED) is 0.407. The zero-order valence-electron chi connectivity index (χ0n) is 16.3. The van der Waals surface area contributed by atoms with Crippen molar-refractivity contribution in [2.75, 3.05) is 7.11 Å². The number of ether oxygens (including phenoxy) is 1. The summed E-state index contributed by atoms with van der Waals surface area (Å²) in [5.74, 6) is -1.24. The molecule has 3 rings (SSSR count). The molecular weight excluding hydrogens is 373 g/mol. The molecule has 0 fully saturated rings. The van der Waals surface area contributed by atoms with E-state index in [1.807, 2.05) is 30.5 Å². The van der Waals surface area contributed by atoms with Crippen LogP contribution < -0.4 is 5.43 Å².